The van der Waals surface area contributed by atoms with Crippen LogP contribution in [0.1, 0.15) is 34.0 Å². The zero-order valence-electron chi connectivity index (χ0n) is 15.2. The van der Waals surface area contributed by atoms with Crippen LogP contribution < -0.4 is 0 Å². The van der Waals surface area contributed by atoms with Crippen LogP contribution >= 0.6 is 11.8 Å². The fourth-order valence-corrected chi connectivity index (χ4v) is 4.50. The summed E-state index contributed by atoms with van der Waals surface area (Å²) in [5, 5.41) is 0. The maximum absolute atomic E-state index is 13.1. The van der Waals surface area contributed by atoms with Gasteiger partial charge in [-0.05, 0) is 47.2 Å². The van der Waals surface area contributed by atoms with Crippen LogP contribution in [0.3, 0.4) is 0 Å². The Bertz CT molecular complexity index is 1030. The molecule has 28 heavy (non-hydrogen) atoms. The molecule has 1 heterocycles. The first kappa shape index (κ1) is 20.7. The predicted octanol–water partition coefficient (Wildman–Crippen LogP) is 4.38. The Morgan fingerprint density at radius 3 is 2.39 bits per heavy atom. The molecule has 1 aliphatic rings. The van der Waals surface area contributed by atoms with E-state index < -0.39 is 27.5 Å². The summed E-state index contributed by atoms with van der Waals surface area (Å²) < 4.78 is 62.5. The van der Waals surface area contributed by atoms with Crippen LogP contribution in [0, 0.1) is 0 Å². The Kier molecular flexibility index (Phi) is 5.51. The van der Waals surface area contributed by atoms with Crippen molar-refractivity contribution >= 4 is 27.5 Å². The molecule has 0 radical (unpaired) electrons. The van der Waals surface area contributed by atoms with Gasteiger partial charge in [0.2, 0.25) is 0 Å². The lowest BCUT2D eigenvalue weighted by molar-refractivity contribution is -0.137. The molecule has 9 heteroatoms. The van der Waals surface area contributed by atoms with Crippen LogP contribution in [0.2, 0.25) is 0 Å². The molecule has 0 fully saturated rings. The summed E-state index contributed by atoms with van der Waals surface area (Å²) in [6.07, 6.45) is -3.38. The van der Waals surface area contributed by atoms with Gasteiger partial charge in [0, 0.05) is 24.2 Å². The molecule has 0 saturated carbocycles. The van der Waals surface area contributed by atoms with E-state index in [0.717, 1.165) is 18.4 Å². The predicted molar refractivity (Wildman–Crippen MR) is 101 cm³/mol. The van der Waals surface area contributed by atoms with Crippen molar-refractivity contribution in [2.45, 2.75) is 36.0 Å². The number of hydrogen-bond acceptors (Lipinski definition) is 4. The molecule has 0 atom stereocenters. The maximum Gasteiger partial charge on any atom is 0.416 e. The molecule has 2 aromatic rings. The van der Waals surface area contributed by atoms with Gasteiger partial charge < -0.3 is 4.90 Å². The quantitative estimate of drug-likeness (QED) is 0.677. The number of sulfone groups is 1. The number of carbonyl (C=O) groups excluding carboxylic acids is 1. The van der Waals surface area contributed by atoms with Gasteiger partial charge in [0.25, 0.3) is 5.91 Å². The first-order valence-electron chi connectivity index (χ1n) is 8.46. The van der Waals surface area contributed by atoms with Crippen LogP contribution in [0.25, 0.3) is 0 Å². The second-order valence-electron chi connectivity index (χ2n) is 6.51. The summed E-state index contributed by atoms with van der Waals surface area (Å²) in [4.78, 5) is 15.2. The summed E-state index contributed by atoms with van der Waals surface area (Å²) in [6, 6.07) is 7.87. The van der Waals surface area contributed by atoms with Crippen molar-refractivity contribution in [3.63, 3.8) is 0 Å². The zero-order valence-corrected chi connectivity index (χ0v) is 16.8. The molecule has 4 nitrogen and oxygen atoms in total. The highest BCUT2D eigenvalue weighted by Gasteiger charge is 2.33. The molecule has 0 N–H and O–H groups in total. The third-order valence-electron chi connectivity index (χ3n) is 4.45. The van der Waals surface area contributed by atoms with E-state index in [9.17, 15) is 26.4 Å². The summed E-state index contributed by atoms with van der Waals surface area (Å²) in [5.74, 6) is 0.291. The van der Waals surface area contributed by atoms with Gasteiger partial charge in [-0.3, -0.25) is 4.79 Å². The fourth-order valence-electron chi connectivity index (χ4n) is 3.07. The van der Waals surface area contributed by atoms with E-state index in [1.54, 1.807) is 6.07 Å². The average molecular weight is 429 g/mol. The van der Waals surface area contributed by atoms with Crippen molar-refractivity contribution in [3.8, 4) is 0 Å². The van der Waals surface area contributed by atoms with E-state index in [2.05, 4.69) is 0 Å². The third-order valence-corrected chi connectivity index (χ3v) is 6.52. The van der Waals surface area contributed by atoms with Gasteiger partial charge in [-0.1, -0.05) is 13.0 Å². The normalized spacial score (nSPS) is 14.2. The molecule has 0 aliphatic carbocycles. The molecule has 0 bridgehead atoms. The molecule has 0 unspecified atom stereocenters. The molecule has 0 saturated heterocycles. The van der Waals surface area contributed by atoms with Gasteiger partial charge in [0.05, 0.1) is 16.0 Å². The third kappa shape index (κ3) is 4.20. The lowest BCUT2D eigenvalue weighted by Crippen LogP contribution is -2.26. The number of hydrogen-bond donors (Lipinski definition) is 0. The first-order chi connectivity index (χ1) is 13.0. The van der Waals surface area contributed by atoms with E-state index in [1.807, 2.05) is 6.92 Å². The lowest BCUT2D eigenvalue weighted by atomic mass is 10.1. The molecule has 2 aromatic carbocycles. The van der Waals surface area contributed by atoms with Crippen molar-refractivity contribution in [1.82, 2.24) is 4.90 Å². The van der Waals surface area contributed by atoms with Gasteiger partial charge in [0.15, 0.2) is 9.84 Å². The second-order valence-corrected chi connectivity index (χ2v) is 9.83. The summed E-state index contributed by atoms with van der Waals surface area (Å²) in [5.41, 5.74) is 0.609. The minimum absolute atomic E-state index is 0.0346. The number of amides is 1. The molecule has 3 rings (SSSR count). The van der Waals surface area contributed by atoms with Gasteiger partial charge in [-0.2, -0.15) is 13.2 Å². The average Bonchev–Trinajstić information content (AvgIpc) is 3.03. The molecule has 0 aromatic heterocycles. The first-order valence-corrected chi connectivity index (χ1v) is 11.3. The molecule has 0 spiro atoms. The van der Waals surface area contributed by atoms with E-state index >= 15 is 0 Å². The van der Waals surface area contributed by atoms with Crippen LogP contribution in [0.4, 0.5) is 13.2 Å². The number of alkyl halides is 3. The second kappa shape index (κ2) is 7.44. The fraction of sp³-hybridized carbons (Fsp3) is 0.316. The Morgan fingerprint density at radius 2 is 1.79 bits per heavy atom. The molecule has 150 valence electrons. The highest BCUT2D eigenvalue weighted by molar-refractivity contribution is 7.99. The van der Waals surface area contributed by atoms with Crippen molar-refractivity contribution in [2.75, 3.05) is 12.0 Å². The van der Waals surface area contributed by atoms with Crippen molar-refractivity contribution in [2.24, 2.45) is 0 Å². The van der Waals surface area contributed by atoms with Crippen molar-refractivity contribution in [1.29, 1.82) is 0 Å². The minimum atomic E-state index is -4.44. The highest BCUT2D eigenvalue weighted by atomic mass is 32.2. The van der Waals surface area contributed by atoms with Gasteiger partial charge in [-0.25, -0.2) is 8.42 Å². The van der Waals surface area contributed by atoms with E-state index in [0.29, 0.717) is 21.8 Å². The highest BCUT2D eigenvalue weighted by Crippen LogP contribution is 2.34. The van der Waals surface area contributed by atoms with Crippen LogP contribution in [-0.4, -0.2) is 31.2 Å². The van der Waals surface area contributed by atoms with Gasteiger partial charge in [0.1, 0.15) is 0 Å². The summed E-state index contributed by atoms with van der Waals surface area (Å²) >= 11 is 1.41. The molecular formula is C19H18F3NO3S2. The van der Waals surface area contributed by atoms with E-state index in [-0.39, 0.29) is 23.5 Å². The van der Waals surface area contributed by atoms with Gasteiger partial charge >= 0.3 is 6.18 Å². The zero-order chi connectivity index (χ0) is 20.7. The monoisotopic (exact) mass is 429 g/mol. The Morgan fingerprint density at radius 1 is 1.11 bits per heavy atom. The summed E-state index contributed by atoms with van der Waals surface area (Å²) in [6.45, 7) is 2.15. The lowest BCUT2D eigenvalue weighted by Gasteiger charge is -2.18. The van der Waals surface area contributed by atoms with Crippen molar-refractivity contribution < 1.29 is 26.4 Å². The largest absolute Gasteiger partial charge is 0.416 e. The molecular weight excluding hydrogens is 411 g/mol. The summed E-state index contributed by atoms with van der Waals surface area (Å²) in [7, 11) is -3.49. The number of benzene rings is 2. The number of carbonyl (C=O) groups is 1. The topological polar surface area (TPSA) is 54.5 Å². The van der Waals surface area contributed by atoms with Gasteiger partial charge in [-0.15, -0.1) is 11.8 Å². The van der Waals surface area contributed by atoms with Crippen molar-refractivity contribution in [3.05, 3.63) is 58.7 Å². The number of fused-ring (bicyclic) bond motifs is 1. The van der Waals surface area contributed by atoms with E-state index in [1.165, 1.54) is 34.9 Å². The minimum Gasteiger partial charge on any atom is -0.330 e. The van der Waals surface area contributed by atoms with Crippen LogP contribution in [0.15, 0.2) is 46.2 Å². The number of halogens is 3. The SMILES string of the molecule is CCSc1ccc(S(C)(=O)=O)cc1C(=O)N1Cc2ccc(C(F)(F)F)cc2C1. The molecule has 1 amide bonds. The van der Waals surface area contributed by atoms with E-state index in [4.69, 9.17) is 0 Å². The smallest absolute Gasteiger partial charge is 0.330 e. The standard InChI is InChI=1S/C19H18F3NO3S2/c1-3-27-17-7-6-15(28(2,25)26)9-16(17)18(24)23-10-12-4-5-14(19(20,21)22)8-13(12)11-23/h4-9H,3,10-11H2,1-2H3. The van der Waals surface area contributed by atoms with Crippen LogP contribution in [0.5, 0.6) is 0 Å². The Balaban J connectivity index is 1.94. The maximum atomic E-state index is 13.1. The number of nitrogens with zero attached hydrogens (tertiary/aromatic N) is 1. The molecule has 1 aliphatic heterocycles. The Labute approximate surface area is 165 Å². The number of rotatable bonds is 4. The number of thioether (sulfide) groups is 1. The Hall–Kier alpha value is -2.00. The van der Waals surface area contributed by atoms with Crippen LogP contribution in [-0.2, 0) is 29.1 Å².